The summed E-state index contributed by atoms with van der Waals surface area (Å²) in [6, 6.07) is 8.44. The Morgan fingerprint density at radius 1 is 1.20 bits per heavy atom. The van der Waals surface area contributed by atoms with Crippen molar-refractivity contribution in [2.45, 2.75) is 57.5 Å². The quantitative estimate of drug-likeness (QED) is 0.846. The van der Waals surface area contributed by atoms with Crippen molar-refractivity contribution in [2.24, 2.45) is 0 Å². The Bertz CT molecular complexity index is 557. The Morgan fingerprint density at radius 2 is 1.85 bits per heavy atom. The highest BCUT2D eigenvalue weighted by molar-refractivity contribution is 7.88. The Labute approximate surface area is 122 Å². The van der Waals surface area contributed by atoms with Crippen LogP contribution in [0, 0.1) is 0 Å². The number of sulfonamides is 1. The fraction of sp³-hybridized carbons (Fsp3) is 0.600. The summed E-state index contributed by atoms with van der Waals surface area (Å²) in [5.41, 5.74) is 1.53. The number of hydrogen-bond acceptors (Lipinski definition) is 3. The van der Waals surface area contributed by atoms with E-state index in [1.54, 1.807) is 0 Å². The van der Waals surface area contributed by atoms with Crippen LogP contribution in [0.15, 0.2) is 24.3 Å². The van der Waals surface area contributed by atoms with Gasteiger partial charge < -0.3 is 5.32 Å². The summed E-state index contributed by atoms with van der Waals surface area (Å²) >= 11 is 0. The molecule has 5 heteroatoms. The topological polar surface area (TPSA) is 58.2 Å². The molecule has 2 rings (SSSR count). The summed E-state index contributed by atoms with van der Waals surface area (Å²) in [6.45, 7) is 6.35. The third-order valence-corrected chi connectivity index (χ3v) is 4.62. The minimum atomic E-state index is -3.30. The number of benzene rings is 1. The minimum Gasteiger partial charge on any atom is -0.310 e. The van der Waals surface area contributed by atoms with Crippen LogP contribution in [0.3, 0.4) is 0 Å². The van der Waals surface area contributed by atoms with Crippen molar-refractivity contribution in [3.05, 3.63) is 35.4 Å². The van der Waals surface area contributed by atoms with Crippen LogP contribution in [-0.4, -0.2) is 20.0 Å². The smallest absolute Gasteiger partial charge is 0.216 e. The van der Waals surface area contributed by atoms with E-state index in [4.69, 9.17) is 0 Å². The Morgan fingerprint density at radius 3 is 2.45 bits per heavy atom. The average Bonchev–Trinajstić information content (AvgIpc) is 3.06. The van der Waals surface area contributed by atoms with Crippen molar-refractivity contribution in [1.29, 1.82) is 0 Å². The van der Waals surface area contributed by atoms with E-state index in [0.717, 1.165) is 17.7 Å². The average molecular weight is 296 g/mol. The Kier molecular flexibility index (Phi) is 4.52. The molecule has 0 heterocycles. The lowest BCUT2D eigenvalue weighted by atomic mass is 10.1. The molecule has 0 amide bonds. The molecule has 1 aromatic carbocycles. The van der Waals surface area contributed by atoms with Crippen LogP contribution in [0.1, 0.15) is 44.7 Å². The molecule has 20 heavy (non-hydrogen) atoms. The third-order valence-electron chi connectivity index (χ3n) is 2.98. The first-order chi connectivity index (χ1) is 9.23. The van der Waals surface area contributed by atoms with Crippen molar-refractivity contribution in [3.8, 4) is 0 Å². The SMILES string of the molecule is CC(C)(C)NS(=O)(=O)Cc1cccc(CNC2CC2)c1. The van der Waals surface area contributed by atoms with Crippen molar-refractivity contribution in [2.75, 3.05) is 0 Å². The molecular formula is C15H24N2O2S. The highest BCUT2D eigenvalue weighted by atomic mass is 32.2. The molecule has 1 saturated carbocycles. The van der Waals surface area contributed by atoms with E-state index in [2.05, 4.69) is 10.0 Å². The predicted octanol–water partition coefficient (Wildman–Crippen LogP) is 2.16. The van der Waals surface area contributed by atoms with Crippen LogP contribution in [0.5, 0.6) is 0 Å². The molecule has 0 atom stereocenters. The van der Waals surface area contributed by atoms with Crippen LogP contribution in [0.25, 0.3) is 0 Å². The van der Waals surface area contributed by atoms with E-state index in [9.17, 15) is 8.42 Å². The van der Waals surface area contributed by atoms with Crippen molar-refractivity contribution in [1.82, 2.24) is 10.0 Å². The highest BCUT2D eigenvalue weighted by Crippen LogP contribution is 2.19. The molecule has 0 spiro atoms. The summed E-state index contributed by atoms with van der Waals surface area (Å²) < 4.78 is 26.8. The zero-order valence-corrected chi connectivity index (χ0v) is 13.3. The van der Waals surface area contributed by atoms with Gasteiger partial charge in [0.15, 0.2) is 0 Å². The molecule has 0 aliphatic heterocycles. The maximum Gasteiger partial charge on any atom is 0.216 e. The van der Waals surface area contributed by atoms with E-state index in [1.807, 2.05) is 45.0 Å². The van der Waals surface area contributed by atoms with Crippen LogP contribution in [0.2, 0.25) is 0 Å². The first kappa shape index (κ1) is 15.5. The minimum absolute atomic E-state index is 0.0293. The lowest BCUT2D eigenvalue weighted by molar-refractivity contribution is 0.491. The first-order valence-corrected chi connectivity index (χ1v) is 8.72. The predicted molar refractivity (Wildman–Crippen MR) is 81.8 cm³/mol. The van der Waals surface area contributed by atoms with E-state index in [-0.39, 0.29) is 5.75 Å². The van der Waals surface area contributed by atoms with Crippen LogP contribution in [0.4, 0.5) is 0 Å². The number of nitrogens with one attached hydrogen (secondary N) is 2. The molecule has 1 aliphatic carbocycles. The fourth-order valence-corrected chi connectivity index (χ4v) is 3.72. The van der Waals surface area contributed by atoms with E-state index in [1.165, 1.54) is 12.8 Å². The molecule has 1 aliphatic rings. The van der Waals surface area contributed by atoms with Crippen LogP contribution < -0.4 is 10.0 Å². The standard InChI is InChI=1S/C15H24N2O2S/c1-15(2,3)17-20(18,19)11-13-6-4-5-12(9-13)10-16-14-7-8-14/h4-6,9,14,16-17H,7-8,10-11H2,1-3H3. The fourth-order valence-electron chi connectivity index (χ4n) is 2.10. The Balaban J connectivity index is 1.99. The zero-order valence-electron chi connectivity index (χ0n) is 12.4. The van der Waals surface area contributed by atoms with Gasteiger partial charge in [0.2, 0.25) is 10.0 Å². The molecule has 1 aromatic rings. The molecule has 4 nitrogen and oxygen atoms in total. The van der Waals surface area contributed by atoms with Gasteiger partial charge >= 0.3 is 0 Å². The second kappa shape index (κ2) is 5.84. The van der Waals surface area contributed by atoms with Crippen LogP contribution in [-0.2, 0) is 22.3 Å². The number of hydrogen-bond donors (Lipinski definition) is 2. The normalized spacial score (nSPS) is 16.4. The molecular weight excluding hydrogens is 272 g/mol. The van der Waals surface area contributed by atoms with Gasteiger partial charge in [0.05, 0.1) is 5.75 Å². The highest BCUT2D eigenvalue weighted by Gasteiger charge is 2.21. The lowest BCUT2D eigenvalue weighted by Gasteiger charge is -2.20. The number of rotatable bonds is 6. The third kappa shape index (κ3) is 5.61. The summed E-state index contributed by atoms with van der Waals surface area (Å²) in [5, 5.41) is 3.44. The van der Waals surface area contributed by atoms with Crippen molar-refractivity contribution < 1.29 is 8.42 Å². The van der Waals surface area contributed by atoms with Gasteiger partial charge in [0.1, 0.15) is 0 Å². The van der Waals surface area contributed by atoms with Crippen molar-refractivity contribution >= 4 is 10.0 Å². The maximum absolute atomic E-state index is 12.1. The van der Waals surface area contributed by atoms with Gasteiger partial charge in [0, 0.05) is 18.1 Å². The molecule has 0 bridgehead atoms. The van der Waals surface area contributed by atoms with E-state index < -0.39 is 15.6 Å². The van der Waals surface area contributed by atoms with Crippen molar-refractivity contribution in [3.63, 3.8) is 0 Å². The first-order valence-electron chi connectivity index (χ1n) is 7.06. The monoisotopic (exact) mass is 296 g/mol. The van der Waals surface area contributed by atoms with Gasteiger partial charge in [-0.15, -0.1) is 0 Å². The van der Waals surface area contributed by atoms with Gasteiger partial charge in [-0.25, -0.2) is 13.1 Å². The summed E-state index contributed by atoms with van der Waals surface area (Å²) in [6.07, 6.45) is 2.51. The second-order valence-electron chi connectivity index (χ2n) is 6.59. The maximum atomic E-state index is 12.1. The summed E-state index contributed by atoms with van der Waals surface area (Å²) in [4.78, 5) is 0. The molecule has 0 radical (unpaired) electrons. The lowest BCUT2D eigenvalue weighted by Crippen LogP contribution is -2.41. The van der Waals surface area contributed by atoms with Gasteiger partial charge in [-0.3, -0.25) is 0 Å². The second-order valence-corrected chi connectivity index (χ2v) is 8.31. The van der Waals surface area contributed by atoms with E-state index >= 15 is 0 Å². The molecule has 112 valence electrons. The van der Waals surface area contributed by atoms with Crippen LogP contribution >= 0.6 is 0 Å². The molecule has 0 aromatic heterocycles. The van der Waals surface area contributed by atoms with Gasteiger partial charge in [-0.2, -0.15) is 0 Å². The molecule has 2 N–H and O–H groups in total. The molecule has 1 fully saturated rings. The Hall–Kier alpha value is -0.910. The van der Waals surface area contributed by atoms with Gasteiger partial charge in [-0.05, 0) is 44.7 Å². The van der Waals surface area contributed by atoms with Gasteiger partial charge in [0.25, 0.3) is 0 Å². The zero-order chi connectivity index (χ0) is 14.8. The molecule has 0 saturated heterocycles. The largest absolute Gasteiger partial charge is 0.310 e. The van der Waals surface area contributed by atoms with Gasteiger partial charge in [-0.1, -0.05) is 24.3 Å². The summed E-state index contributed by atoms with van der Waals surface area (Å²) in [7, 11) is -3.30. The van der Waals surface area contributed by atoms with E-state index in [0.29, 0.717) is 6.04 Å². The molecule has 0 unspecified atom stereocenters. The summed E-state index contributed by atoms with van der Waals surface area (Å²) in [5.74, 6) is 0.0293.